The maximum Gasteiger partial charge on any atom is 0.326 e. The van der Waals surface area contributed by atoms with Crippen molar-refractivity contribution < 1.29 is 13.2 Å². The molecule has 2 aromatic carbocycles. The monoisotopic (exact) mass is 457 g/mol. The summed E-state index contributed by atoms with van der Waals surface area (Å²) in [7, 11) is -2.05. The third-order valence-corrected chi connectivity index (χ3v) is 7.61. The molecule has 0 spiro atoms. The normalized spacial score (nSPS) is 16.1. The molecule has 1 saturated carbocycles. The summed E-state index contributed by atoms with van der Waals surface area (Å²) in [5.41, 5.74) is 3.02. The number of fused-ring (bicyclic) bond motifs is 1. The van der Waals surface area contributed by atoms with Crippen LogP contribution in [0.2, 0.25) is 0 Å². The van der Waals surface area contributed by atoms with Crippen molar-refractivity contribution in [3.05, 3.63) is 71.7 Å². The molecule has 0 saturated heterocycles. The highest BCUT2D eigenvalue weighted by molar-refractivity contribution is 7.94. The molecule has 2 aliphatic rings. The average Bonchev–Trinajstić information content (AvgIpc) is 3.63. The lowest BCUT2D eigenvalue weighted by molar-refractivity contribution is 0.482. The van der Waals surface area contributed by atoms with E-state index in [1.165, 1.54) is 20.9 Å². The molecule has 9 heteroatoms. The minimum Gasteiger partial charge on any atom is -0.458 e. The van der Waals surface area contributed by atoms with E-state index in [0.717, 1.165) is 12.8 Å². The largest absolute Gasteiger partial charge is 0.458 e. The van der Waals surface area contributed by atoms with Crippen LogP contribution < -0.4 is 13.3 Å². The molecule has 0 N–H and O–H groups in total. The Kier molecular flexibility index (Phi) is 4.92. The number of anilines is 2. The Morgan fingerprint density at radius 3 is 2.67 bits per heavy atom. The summed E-state index contributed by atoms with van der Waals surface area (Å²) in [6, 6.07) is 15.9. The van der Waals surface area contributed by atoms with E-state index < -0.39 is 10.2 Å². The second-order valence-electron chi connectivity index (χ2n) is 8.04. The molecule has 1 fully saturated rings. The molecule has 2 heterocycles. The van der Waals surface area contributed by atoms with Crippen LogP contribution in [0.3, 0.4) is 0 Å². The first-order chi connectivity index (χ1) is 15.9. The first kappa shape index (κ1) is 20.8. The summed E-state index contributed by atoms with van der Waals surface area (Å²) in [5.74, 6) is 1.58. The zero-order valence-electron chi connectivity index (χ0n) is 17.8. The Balaban J connectivity index is 1.53. The van der Waals surface area contributed by atoms with Gasteiger partial charge in [0.25, 0.3) is 5.82 Å². The number of rotatable bonds is 5. The topological polar surface area (TPSA) is 90.9 Å². The van der Waals surface area contributed by atoms with Gasteiger partial charge in [-0.1, -0.05) is 12.6 Å². The Morgan fingerprint density at radius 2 is 1.94 bits per heavy atom. The van der Waals surface area contributed by atoms with E-state index in [-0.39, 0.29) is 5.82 Å². The number of nitrogens with zero attached hydrogens (tertiary/aromatic N) is 5. The molecular weight excluding hydrogens is 438 g/mol. The lowest BCUT2D eigenvalue weighted by Crippen LogP contribution is -2.36. The predicted molar refractivity (Wildman–Crippen MR) is 125 cm³/mol. The van der Waals surface area contributed by atoms with Gasteiger partial charge < -0.3 is 9.58 Å². The second kappa shape index (κ2) is 7.80. The minimum absolute atomic E-state index is 0.222. The Labute approximate surface area is 192 Å². The van der Waals surface area contributed by atoms with E-state index in [9.17, 15) is 13.7 Å². The van der Waals surface area contributed by atoms with E-state index >= 15 is 0 Å². The predicted octanol–water partition coefficient (Wildman–Crippen LogP) is 4.87. The molecule has 164 valence electrons. The zero-order chi connectivity index (χ0) is 23.2. The Bertz CT molecular complexity index is 1450. The van der Waals surface area contributed by atoms with Crippen molar-refractivity contribution in [3.63, 3.8) is 0 Å². The maximum atomic E-state index is 12.9. The first-order valence-electron chi connectivity index (χ1n) is 10.4. The number of ether oxygens (including phenoxy) is 1. The van der Waals surface area contributed by atoms with Crippen molar-refractivity contribution in [2.75, 3.05) is 22.2 Å². The van der Waals surface area contributed by atoms with E-state index in [0.29, 0.717) is 52.0 Å². The fraction of sp³-hybridized carbons (Fsp3) is 0.208. The van der Waals surface area contributed by atoms with Crippen LogP contribution in [0, 0.1) is 23.8 Å². The fourth-order valence-electron chi connectivity index (χ4n) is 3.86. The molecule has 1 aliphatic carbocycles. The zero-order valence-corrected chi connectivity index (χ0v) is 18.6. The fourth-order valence-corrected chi connectivity index (χ4v) is 5.35. The summed E-state index contributed by atoms with van der Waals surface area (Å²) in [6.45, 7) is 7.59. The van der Waals surface area contributed by atoms with E-state index in [4.69, 9.17) is 11.3 Å². The molecule has 0 atom stereocenters. The third-order valence-electron chi connectivity index (χ3n) is 5.82. The van der Waals surface area contributed by atoms with Crippen molar-refractivity contribution in [3.8, 4) is 28.7 Å². The van der Waals surface area contributed by atoms with Crippen molar-refractivity contribution >= 4 is 27.4 Å². The molecule has 1 aromatic heterocycles. The molecular formula is C24H19N5O3S. The molecule has 8 nitrogen and oxygen atoms in total. The van der Waals surface area contributed by atoms with E-state index in [2.05, 4.69) is 15.9 Å². The number of hydrogen-bond donors (Lipinski definition) is 0. The molecule has 5 rings (SSSR count). The second-order valence-corrected chi connectivity index (χ2v) is 9.92. The van der Waals surface area contributed by atoms with Crippen molar-refractivity contribution in [2.24, 2.45) is 5.92 Å². The van der Waals surface area contributed by atoms with E-state index in [1.54, 1.807) is 43.4 Å². The van der Waals surface area contributed by atoms with Gasteiger partial charge in [-0.2, -0.15) is 13.7 Å². The molecule has 0 bridgehead atoms. The van der Waals surface area contributed by atoms with Crippen LogP contribution in [0.1, 0.15) is 18.4 Å². The van der Waals surface area contributed by atoms with Crippen LogP contribution in [-0.2, 0) is 10.2 Å². The van der Waals surface area contributed by atoms with Gasteiger partial charge in [0.2, 0.25) is 0 Å². The Hall–Kier alpha value is -4.08. The molecule has 3 aromatic rings. The van der Waals surface area contributed by atoms with Gasteiger partial charge in [-0.3, -0.25) is 8.61 Å². The SMILES string of the molecule is [C-]#[N+]c1cc(Oc2ccc(C#N)c(-c3ccc4c(c3)N(C)S(=O)(=O)N4CC3CC3)c2)ccn1. The summed E-state index contributed by atoms with van der Waals surface area (Å²) in [5, 5.41) is 9.66. The van der Waals surface area contributed by atoms with Crippen LogP contribution in [0.5, 0.6) is 11.5 Å². The molecule has 0 amide bonds. The Morgan fingerprint density at radius 1 is 1.15 bits per heavy atom. The summed E-state index contributed by atoms with van der Waals surface area (Å²) < 4.78 is 34.6. The van der Waals surface area contributed by atoms with Crippen molar-refractivity contribution in [1.29, 1.82) is 5.26 Å². The summed E-state index contributed by atoms with van der Waals surface area (Å²) in [6.07, 6.45) is 3.60. The third kappa shape index (κ3) is 3.73. The van der Waals surface area contributed by atoms with Crippen LogP contribution in [0.25, 0.3) is 16.0 Å². The summed E-state index contributed by atoms with van der Waals surface area (Å²) in [4.78, 5) is 7.24. The standard InChI is InChI=1S/C24H19N5O3S/c1-26-24-13-20(9-10-27-24)32-19-7-5-18(14-25)21(12-19)17-6-8-22-23(11-17)28(2)33(30,31)29(22)15-16-3-4-16/h5-13,16H,3-4,15H2,2H3. The number of benzene rings is 2. The minimum atomic E-state index is -3.60. The average molecular weight is 458 g/mol. The van der Waals surface area contributed by atoms with Crippen molar-refractivity contribution in [1.82, 2.24) is 4.98 Å². The van der Waals surface area contributed by atoms with Gasteiger partial charge in [0.15, 0.2) is 0 Å². The maximum absolute atomic E-state index is 12.9. The van der Waals surface area contributed by atoms with E-state index in [1.807, 2.05) is 6.07 Å². The van der Waals surface area contributed by atoms with Crippen LogP contribution in [0.4, 0.5) is 17.2 Å². The van der Waals surface area contributed by atoms with Crippen LogP contribution in [-0.4, -0.2) is 27.0 Å². The van der Waals surface area contributed by atoms with Crippen LogP contribution in [0.15, 0.2) is 54.7 Å². The lowest BCUT2D eigenvalue weighted by Gasteiger charge is -2.18. The number of pyridine rings is 1. The lowest BCUT2D eigenvalue weighted by atomic mass is 9.99. The van der Waals surface area contributed by atoms with Gasteiger partial charge in [0.1, 0.15) is 17.7 Å². The number of nitriles is 1. The van der Waals surface area contributed by atoms with Gasteiger partial charge in [-0.15, -0.1) is 4.98 Å². The van der Waals surface area contributed by atoms with Gasteiger partial charge >= 0.3 is 10.2 Å². The van der Waals surface area contributed by atoms with Gasteiger partial charge in [0.05, 0.1) is 23.0 Å². The van der Waals surface area contributed by atoms with Gasteiger partial charge in [0, 0.05) is 31.3 Å². The quantitative estimate of drug-likeness (QED) is 0.510. The van der Waals surface area contributed by atoms with Gasteiger partial charge in [-0.05, 0) is 54.7 Å². The highest BCUT2D eigenvalue weighted by Gasteiger charge is 2.41. The highest BCUT2D eigenvalue weighted by Crippen LogP contribution is 2.45. The van der Waals surface area contributed by atoms with Crippen LogP contribution >= 0.6 is 0 Å². The molecule has 33 heavy (non-hydrogen) atoms. The molecule has 1 aliphatic heterocycles. The smallest absolute Gasteiger partial charge is 0.326 e. The van der Waals surface area contributed by atoms with Gasteiger partial charge in [-0.25, -0.2) is 0 Å². The first-order valence-corrected chi connectivity index (χ1v) is 11.8. The number of aromatic nitrogens is 1. The highest BCUT2D eigenvalue weighted by atomic mass is 32.2. The number of hydrogen-bond acceptors (Lipinski definition) is 5. The molecule has 0 unspecified atom stereocenters. The van der Waals surface area contributed by atoms with Crippen molar-refractivity contribution in [2.45, 2.75) is 12.8 Å². The molecule has 0 radical (unpaired) electrons. The summed E-state index contributed by atoms with van der Waals surface area (Å²) >= 11 is 0.